The van der Waals surface area contributed by atoms with Gasteiger partial charge in [0.15, 0.2) is 11.6 Å². The number of benzene rings is 2. The maximum absolute atomic E-state index is 13.8. The molecule has 6 heteroatoms. The van der Waals surface area contributed by atoms with Crippen LogP contribution < -0.4 is 4.74 Å². The predicted molar refractivity (Wildman–Crippen MR) is 103 cm³/mol. The van der Waals surface area contributed by atoms with E-state index in [4.69, 9.17) is 21.3 Å². The molecule has 3 aromatic rings. The molecule has 27 heavy (non-hydrogen) atoms. The minimum atomic E-state index is -0.392. The van der Waals surface area contributed by atoms with Crippen molar-refractivity contribution >= 4 is 22.6 Å². The molecule has 1 saturated carbocycles. The first-order valence-corrected chi connectivity index (χ1v) is 9.68. The van der Waals surface area contributed by atoms with E-state index in [1.807, 2.05) is 12.1 Å². The van der Waals surface area contributed by atoms with Crippen molar-refractivity contribution in [1.82, 2.24) is 14.5 Å². The Labute approximate surface area is 162 Å². The zero-order valence-electron chi connectivity index (χ0n) is 15.1. The van der Waals surface area contributed by atoms with Crippen molar-refractivity contribution < 1.29 is 9.13 Å². The molecule has 3 atom stereocenters. The number of aromatic nitrogens is 2. The first-order valence-electron chi connectivity index (χ1n) is 9.30. The molecule has 2 aromatic carbocycles. The molecule has 2 heterocycles. The van der Waals surface area contributed by atoms with Crippen LogP contribution >= 0.6 is 11.6 Å². The zero-order valence-corrected chi connectivity index (χ0v) is 15.9. The van der Waals surface area contributed by atoms with Gasteiger partial charge in [-0.15, -0.1) is 0 Å². The maximum Gasteiger partial charge on any atom is 0.166 e. The lowest BCUT2D eigenvalue weighted by atomic mass is 10.2. The minimum absolute atomic E-state index is 0.293. The van der Waals surface area contributed by atoms with Gasteiger partial charge in [-0.3, -0.25) is 4.90 Å². The molecule has 0 spiro atoms. The standard InChI is InChI=1S/C21H21ClFN3O/c1-25-19-5-3-2-4-18(19)24-21(25)11-26-9-14-15(10-26)16(14)12-27-20-7-6-13(22)8-17(20)23/h2-8,14-16H,9-12H2,1H3/t14-,15+,16?. The second kappa shape index (κ2) is 6.50. The van der Waals surface area contributed by atoms with Crippen molar-refractivity contribution in [2.75, 3.05) is 19.7 Å². The number of hydrogen-bond acceptors (Lipinski definition) is 3. The molecule has 5 rings (SSSR count). The fourth-order valence-corrected chi connectivity index (χ4v) is 4.59. The lowest BCUT2D eigenvalue weighted by Crippen LogP contribution is -2.26. The number of hydrogen-bond donors (Lipinski definition) is 0. The predicted octanol–water partition coefficient (Wildman–Crippen LogP) is 4.12. The van der Waals surface area contributed by atoms with Gasteiger partial charge in [0.1, 0.15) is 5.82 Å². The second-order valence-electron chi connectivity index (χ2n) is 7.65. The lowest BCUT2D eigenvalue weighted by Gasteiger charge is -2.19. The number of ether oxygens (including phenoxy) is 1. The normalized spacial score (nSPS) is 24.3. The van der Waals surface area contributed by atoms with Gasteiger partial charge in [-0.05, 0) is 42.2 Å². The molecule has 0 N–H and O–H groups in total. The molecule has 0 radical (unpaired) electrons. The molecular weight excluding hydrogens is 365 g/mol. The van der Waals surface area contributed by atoms with Crippen molar-refractivity contribution in [3.63, 3.8) is 0 Å². The van der Waals surface area contributed by atoms with Crippen molar-refractivity contribution in [1.29, 1.82) is 0 Å². The van der Waals surface area contributed by atoms with Crippen molar-refractivity contribution in [3.8, 4) is 5.75 Å². The summed E-state index contributed by atoms with van der Waals surface area (Å²) in [4.78, 5) is 7.24. The SMILES string of the molecule is Cn1c(CN2C[C@@H]3C(COc4ccc(Cl)cc4F)[C@@H]3C2)nc2ccccc21. The summed E-state index contributed by atoms with van der Waals surface area (Å²) in [7, 11) is 2.08. The molecule has 0 bridgehead atoms. The largest absolute Gasteiger partial charge is 0.490 e. The zero-order chi connectivity index (χ0) is 18.5. The van der Waals surface area contributed by atoms with E-state index in [0.29, 0.717) is 35.1 Å². The van der Waals surface area contributed by atoms with Crippen LogP contribution in [0.5, 0.6) is 5.75 Å². The molecule has 0 amide bonds. The molecule has 1 aliphatic heterocycles. The van der Waals surface area contributed by atoms with Crippen molar-refractivity contribution in [2.45, 2.75) is 6.54 Å². The average molecular weight is 386 g/mol. The highest BCUT2D eigenvalue weighted by Crippen LogP contribution is 2.52. The Morgan fingerprint density at radius 3 is 2.70 bits per heavy atom. The number of imidazole rings is 1. The first-order chi connectivity index (χ1) is 13.1. The molecule has 140 valence electrons. The Kier molecular flexibility index (Phi) is 4.10. The summed E-state index contributed by atoms with van der Waals surface area (Å²) in [6, 6.07) is 12.8. The summed E-state index contributed by atoms with van der Waals surface area (Å²) in [5, 5.41) is 0.390. The van der Waals surface area contributed by atoms with Crippen molar-refractivity contribution in [2.24, 2.45) is 24.8 Å². The number of piperidine rings is 1. The summed E-state index contributed by atoms with van der Waals surface area (Å²) < 4.78 is 21.7. The van der Waals surface area contributed by atoms with Gasteiger partial charge < -0.3 is 9.30 Å². The van der Waals surface area contributed by atoms with Crippen LogP contribution in [0.2, 0.25) is 5.02 Å². The third-order valence-corrected chi connectivity index (χ3v) is 6.25. The van der Waals surface area contributed by atoms with Gasteiger partial charge in [-0.2, -0.15) is 0 Å². The van der Waals surface area contributed by atoms with Gasteiger partial charge in [0.05, 0.1) is 24.2 Å². The van der Waals surface area contributed by atoms with E-state index in [1.165, 1.54) is 11.6 Å². The molecule has 1 aliphatic carbocycles. The van der Waals surface area contributed by atoms with Crippen LogP contribution in [0, 0.1) is 23.6 Å². The number of halogens is 2. The third-order valence-electron chi connectivity index (χ3n) is 6.02. The van der Waals surface area contributed by atoms with E-state index in [1.54, 1.807) is 12.1 Å². The minimum Gasteiger partial charge on any atom is -0.490 e. The summed E-state index contributed by atoms with van der Waals surface area (Å²) in [6.45, 7) is 3.57. The van der Waals surface area contributed by atoms with Gasteiger partial charge >= 0.3 is 0 Å². The fraction of sp³-hybridized carbons (Fsp3) is 0.381. The van der Waals surface area contributed by atoms with Crippen LogP contribution in [-0.2, 0) is 13.6 Å². The Bertz CT molecular complexity index is 992. The van der Waals surface area contributed by atoms with Crippen LogP contribution in [0.3, 0.4) is 0 Å². The summed E-state index contributed by atoms with van der Waals surface area (Å²) in [6.07, 6.45) is 0. The highest BCUT2D eigenvalue weighted by Gasteiger charge is 2.55. The third kappa shape index (κ3) is 3.09. The van der Waals surface area contributed by atoms with Gasteiger partial charge in [0, 0.05) is 31.1 Å². The van der Waals surface area contributed by atoms with E-state index in [-0.39, 0.29) is 0 Å². The quantitative estimate of drug-likeness (QED) is 0.661. The number of para-hydroxylation sites is 2. The highest BCUT2D eigenvalue weighted by molar-refractivity contribution is 6.30. The summed E-state index contributed by atoms with van der Waals surface area (Å²) in [5.74, 6) is 2.83. The number of likely N-dealkylation sites (tertiary alicyclic amines) is 1. The van der Waals surface area contributed by atoms with E-state index >= 15 is 0 Å². The topological polar surface area (TPSA) is 30.3 Å². The fourth-order valence-electron chi connectivity index (χ4n) is 4.43. The molecule has 2 fully saturated rings. The molecule has 1 aromatic heterocycles. The molecular formula is C21H21ClFN3O. The smallest absolute Gasteiger partial charge is 0.166 e. The Hall–Kier alpha value is -2.11. The average Bonchev–Trinajstić information content (AvgIpc) is 2.98. The highest BCUT2D eigenvalue weighted by atomic mass is 35.5. The van der Waals surface area contributed by atoms with Crippen LogP contribution in [0.1, 0.15) is 5.82 Å². The number of aryl methyl sites for hydroxylation is 1. The number of nitrogens with zero attached hydrogens (tertiary/aromatic N) is 3. The monoisotopic (exact) mass is 385 g/mol. The van der Waals surface area contributed by atoms with Crippen LogP contribution in [0.25, 0.3) is 11.0 Å². The van der Waals surface area contributed by atoms with Crippen LogP contribution in [0.4, 0.5) is 4.39 Å². The van der Waals surface area contributed by atoms with Gasteiger partial charge in [-0.25, -0.2) is 9.37 Å². The number of rotatable bonds is 5. The molecule has 4 nitrogen and oxygen atoms in total. The summed E-state index contributed by atoms with van der Waals surface area (Å²) in [5.41, 5.74) is 2.23. The summed E-state index contributed by atoms with van der Waals surface area (Å²) >= 11 is 5.78. The van der Waals surface area contributed by atoms with E-state index in [9.17, 15) is 4.39 Å². The van der Waals surface area contributed by atoms with Gasteiger partial charge in [-0.1, -0.05) is 23.7 Å². The second-order valence-corrected chi connectivity index (χ2v) is 8.08. The van der Waals surface area contributed by atoms with E-state index in [0.717, 1.165) is 31.0 Å². The van der Waals surface area contributed by atoms with Crippen LogP contribution in [-0.4, -0.2) is 34.1 Å². The van der Waals surface area contributed by atoms with Gasteiger partial charge in [0.25, 0.3) is 0 Å². The van der Waals surface area contributed by atoms with E-state index in [2.05, 4.69) is 28.6 Å². The maximum atomic E-state index is 13.8. The van der Waals surface area contributed by atoms with Crippen LogP contribution in [0.15, 0.2) is 42.5 Å². The Morgan fingerprint density at radius 1 is 1.19 bits per heavy atom. The van der Waals surface area contributed by atoms with Crippen molar-refractivity contribution in [3.05, 3.63) is 59.1 Å². The molecule has 1 unspecified atom stereocenters. The Balaban J connectivity index is 1.17. The lowest BCUT2D eigenvalue weighted by molar-refractivity contribution is 0.222. The molecule has 1 saturated heterocycles. The first kappa shape index (κ1) is 17.0. The van der Waals surface area contributed by atoms with E-state index < -0.39 is 5.82 Å². The van der Waals surface area contributed by atoms with Gasteiger partial charge in [0.2, 0.25) is 0 Å². The number of fused-ring (bicyclic) bond motifs is 2. The molecule has 2 aliphatic rings. The Morgan fingerprint density at radius 2 is 1.96 bits per heavy atom.